The lowest BCUT2D eigenvalue weighted by Crippen LogP contribution is -2.22. The van der Waals surface area contributed by atoms with E-state index in [1.165, 1.54) is 10.7 Å². The second-order valence-corrected chi connectivity index (χ2v) is 8.85. The Labute approximate surface area is 167 Å². The molecule has 0 unspecified atom stereocenters. The smallest absolute Gasteiger partial charge is 0.252 e. The average Bonchev–Trinajstić information content (AvgIpc) is 3.22. The Kier molecular flexibility index (Phi) is 5.79. The average molecular weight is 400 g/mol. The summed E-state index contributed by atoms with van der Waals surface area (Å²) in [6, 6.07) is 7.20. The van der Waals surface area contributed by atoms with Gasteiger partial charge in [0, 0.05) is 24.2 Å². The number of hydrogen-bond donors (Lipinski definition) is 2. The van der Waals surface area contributed by atoms with E-state index in [0.29, 0.717) is 36.0 Å². The molecule has 1 amide bonds. The number of aryl methyl sites for hydroxylation is 1. The fourth-order valence-electron chi connectivity index (χ4n) is 2.82. The van der Waals surface area contributed by atoms with Crippen molar-refractivity contribution in [1.29, 1.82) is 0 Å². The second-order valence-electron chi connectivity index (χ2n) is 7.90. The van der Waals surface area contributed by atoms with Gasteiger partial charge in [0.15, 0.2) is 0 Å². The number of anilines is 1. The lowest BCUT2D eigenvalue weighted by atomic mass is 9.92. The first kappa shape index (κ1) is 20.0. The predicted octanol–water partition coefficient (Wildman–Crippen LogP) is 4.01. The Morgan fingerprint density at radius 3 is 2.75 bits per heavy atom. The van der Waals surface area contributed by atoms with Gasteiger partial charge in [-0.2, -0.15) is 9.78 Å². The summed E-state index contributed by atoms with van der Waals surface area (Å²) in [5.74, 6) is 0.665. The van der Waals surface area contributed by atoms with Crippen LogP contribution in [0.5, 0.6) is 0 Å². The number of nitrogens with zero attached hydrogens (tertiary/aromatic N) is 3. The van der Waals surface area contributed by atoms with Crippen molar-refractivity contribution in [3.05, 3.63) is 45.7 Å². The minimum absolute atomic E-state index is 0.113. The topological polar surface area (TPSA) is 92.7 Å². The molecule has 3 aromatic rings. The fraction of sp³-hybridized carbons (Fsp3) is 0.400. The molecule has 148 valence electrons. The van der Waals surface area contributed by atoms with E-state index in [0.717, 1.165) is 11.3 Å². The van der Waals surface area contributed by atoms with Crippen LogP contribution in [-0.4, -0.2) is 25.7 Å². The molecule has 0 aliphatic carbocycles. The molecule has 8 heteroatoms. The molecule has 7 nitrogen and oxygen atoms in total. The molecule has 0 bridgehead atoms. The minimum atomic E-state index is -0.242. The molecule has 0 radical (unpaired) electrons. The molecule has 3 aromatic heterocycles. The SMILES string of the molecule is CCCc1cc(=O)[nH]c(-n2nc(-c3cccs3)cc2NC(=O)CC(C)(C)C)n1. The monoisotopic (exact) mass is 399 g/mol. The van der Waals surface area contributed by atoms with Gasteiger partial charge >= 0.3 is 0 Å². The number of aromatic amines is 1. The third-order valence-electron chi connectivity index (χ3n) is 3.93. The first-order chi connectivity index (χ1) is 13.2. The lowest BCUT2D eigenvalue weighted by molar-refractivity contribution is -0.117. The van der Waals surface area contributed by atoms with Crippen molar-refractivity contribution in [2.75, 3.05) is 5.32 Å². The Morgan fingerprint density at radius 2 is 2.11 bits per heavy atom. The zero-order chi connectivity index (χ0) is 20.3. The minimum Gasteiger partial charge on any atom is -0.310 e. The van der Waals surface area contributed by atoms with E-state index in [2.05, 4.69) is 20.4 Å². The number of aromatic nitrogens is 4. The van der Waals surface area contributed by atoms with Crippen LogP contribution in [0.3, 0.4) is 0 Å². The maximum Gasteiger partial charge on any atom is 0.252 e. The van der Waals surface area contributed by atoms with Crippen LogP contribution in [0, 0.1) is 5.41 Å². The van der Waals surface area contributed by atoms with Crippen LogP contribution in [0.15, 0.2) is 34.4 Å². The molecule has 3 rings (SSSR count). The quantitative estimate of drug-likeness (QED) is 0.655. The van der Waals surface area contributed by atoms with Gasteiger partial charge in [-0.15, -0.1) is 11.3 Å². The molecule has 28 heavy (non-hydrogen) atoms. The predicted molar refractivity (Wildman–Crippen MR) is 112 cm³/mol. The highest BCUT2D eigenvalue weighted by Gasteiger charge is 2.20. The summed E-state index contributed by atoms with van der Waals surface area (Å²) in [4.78, 5) is 32.8. The maximum atomic E-state index is 12.5. The number of carbonyl (C=O) groups excluding carboxylic acids is 1. The van der Waals surface area contributed by atoms with Gasteiger partial charge in [-0.25, -0.2) is 4.98 Å². The van der Waals surface area contributed by atoms with E-state index in [-0.39, 0.29) is 16.9 Å². The molecular weight excluding hydrogens is 374 g/mol. The normalized spacial score (nSPS) is 11.6. The van der Waals surface area contributed by atoms with E-state index in [9.17, 15) is 9.59 Å². The number of hydrogen-bond acceptors (Lipinski definition) is 5. The zero-order valence-electron chi connectivity index (χ0n) is 16.6. The Hall–Kier alpha value is -2.74. The van der Waals surface area contributed by atoms with Gasteiger partial charge in [-0.05, 0) is 23.3 Å². The van der Waals surface area contributed by atoms with E-state index in [1.807, 2.05) is 45.2 Å². The molecule has 0 spiro atoms. The summed E-state index contributed by atoms with van der Waals surface area (Å²) in [6.45, 7) is 8.06. The van der Waals surface area contributed by atoms with Gasteiger partial charge in [0.25, 0.3) is 5.56 Å². The number of nitrogens with one attached hydrogen (secondary N) is 2. The van der Waals surface area contributed by atoms with Crippen LogP contribution >= 0.6 is 11.3 Å². The van der Waals surface area contributed by atoms with Crippen LogP contribution in [0.4, 0.5) is 5.82 Å². The first-order valence-electron chi connectivity index (χ1n) is 9.29. The van der Waals surface area contributed by atoms with Crippen molar-refractivity contribution in [2.45, 2.75) is 47.0 Å². The number of carbonyl (C=O) groups is 1. The highest BCUT2D eigenvalue weighted by atomic mass is 32.1. The summed E-state index contributed by atoms with van der Waals surface area (Å²) in [5.41, 5.74) is 1.03. The van der Waals surface area contributed by atoms with Gasteiger partial charge in [-0.1, -0.05) is 40.2 Å². The molecule has 3 heterocycles. The Morgan fingerprint density at radius 1 is 1.32 bits per heavy atom. The molecule has 0 atom stereocenters. The molecule has 0 aromatic carbocycles. The van der Waals surface area contributed by atoms with E-state index >= 15 is 0 Å². The Balaban J connectivity index is 2.04. The largest absolute Gasteiger partial charge is 0.310 e. The van der Waals surface area contributed by atoms with Crippen molar-refractivity contribution >= 4 is 23.1 Å². The van der Waals surface area contributed by atoms with Crippen molar-refractivity contribution < 1.29 is 4.79 Å². The molecule has 0 saturated heterocycles. The molecule has 0 aliphatic rings. The van der Waals surface area contributed by atoms with Gasteiger partial charge in [0.1, 0.15) is 11.5 Å². The van der Waals surface area contributed by atoms with Crippen LogP contribution < -0.4 is 10.9 Å². The summed E-state index contributed by atoms with van der Waals surface area (Å²) in [7, 11) is 0. The van der Waals surface area contributed by atoms with Crippen molar-refractivity contribution in [1.82, 2.24) is 19.7 Å². The lowest BCUT2D eigenvalue weighted by Gasteiger charge is -2.17. The number of rotatable bonds is 6. The number of H-pyrrole nitrogens is 1. The van der Waals surface area contributed by atoms with Gasteiger partial charge in [-0.3, -0.25) is 14.6 Å². The summed E-state index contributed by atoms with van der Waals surface area (Å²) < 4.78 is 1.50. The molecular formula is C20H25N5O2S. The number of amides is 1. The van der Waals surface area contributed by atoms with Crippen molar-refractivity contribution in [3.8, 4) is 16.5 Å². The summed E-state index contributed by atoms with van der Waals surface area (Å²) in [5, 5.41) is 9.48. The molecule has 0 saturated carbocycles. The highest BCUT2D eigenvalue weighted by molar-refractivity contribution is 7.13. The van der Waals surface area contributed by atoms with Crippen LogP contribution in [-0.2, 0) is 11.2 Å². The molecule has 2 N–H and O–H groups in total. The van der Waals surface area contributed by atoms with Gasteiger partial charge in [0.2, 0.25) is 11.9 Å². The summed E-state index contributed by atoms with van der Waals surface area (Å²) in [6.07, 6.45) is 1.94. The zero-order valence-corrected chi connectivity index (χ0v) is 17.4. The fourth-order valence-corrected chi connectivity index (χ4v) is 3.50. The van der Waals surface area contributed by atoms with Gasteiger partial charge < -0.3 is 5.32 Å². The molecule has 0 fully saturated rings. The van der Waals surface area contributed by atoms with Crippen LogP contribution in [0.1, 0.15) is 46.2 Å². The van der Waals surface area contributed by atoms with E-state index < -0.39 is 0 Å². The number of thiophene rings is 1. The van der Waals surface area contributed by atoms with Gasteiger partial charge in [0.05, 0.1) is 4.88 Å². The van der Waals surface area contributed by atoms with Crippen LogP contribution in [0.2, 0.25) is 0 Å². The first-order valence-corrected chi connectivity index (χ1v) is 10.2. The standard InChI is InChI=1S/C20H25N5O2S/c1-5-7-13-10-17(26)23-19(21-13)25-16(22-18(27)12-20(2,3)4)11-14(24-25)15-8-6-9-28-15/h6,8-11H,5,7,12H2,1-4H3,(H,22,27)(H,21,23,26). The second kappa shape index (κ2) is 8.10. The van der Waals surface area contributed by atoms with E-state index in [1.54, 1.807) is 17.4 Å². The molecule has 0 aliphatic heterocycles. The summed E-state index contributed by atoms with van der Waals surface area (Å²) >= 11 is 1.56. The van der Waals surface area contributed by atoms with Crippen molar-refractivity contribution in [2.24, 2.45) is 5.41 Å². The van der Waals surface area contributed by atoms with Crippen molar-refractivity contribution in [3.63, 3.8) is 0 Å². The maximum absolute atomic E-state index is 12.5. The Bertz CT molecular complexity index is 1010. The van der Waals surface area contributed by atoms with Crippen LogP contribution in [0.25, 0.3) is 16.5 Å². The highest BCUT2D eigenvalue weighted by Crippen LogP contribution is 2.28. The third kappa shape index (κ3) is 4.95. The van der Waals surface area contributed by atoms with E-state index in [4.69, 9.17) is 0 Å². The third-order valence-corrected chi connectivity index (χ3v) is 4.82.